The fourth-order valence-electron chi connectivity index (χ4n) is 1.19. The first-order valence-electron chi connectivity index (χ1n) is 5.64. The highest BCUT2D eigenvalue weighted by Crippen LogP contribution is 2.24. The number of hydrogen-bond donors (Lipinski definition) is 1. The summed E-state index contributed by atoms with van der Waals surface area (Å²) in [5.74, 6) is 2.09. The fourth-order valence-corrected chi connectivity index (χ4v) is 1.19. The van der Waals surface area contributed by atoms with E-state index in [-0.39, 0.29) is 0 Å². The molecule has 0 spiro atoms. The largest absolute Gasteiger partial charge is 0.497 e. The van der Waals surface area contributed by atoms with E-state index < -0.39 is 0 Å². The van der Waals surface area contributed by atoms with Crippen LogP contribution in [0.15, 0.2) is 23.2 Å². The topological polar surface area (TPSA) is 56.8 Å². The lowest BCUT2D eigenvalue weighted by Gasteiger charge is -2.08. The lowest BCUT2D eigenvalue weighted by Crippen LogP contribution is -2.05. The molecule has 1 aromatic carbocycles. The minimum absolute atomic E-state index is 0.523. The standard InChI is InChI=1S/C11H16N2O2.C2H6/c1-8(12)13-7-9-4-5-10(14-2)6-11(9)15-3;1-2/h4-6H,7H2,1-3H3,(H2,12,13);1-2H3. The van der Waals surface area contributed by atoms with Crippen molar-refractivity contribution in [3.63, 3.8) is 0 Å². The molecule has 0 amide bonds. The van der Waals surface area contributed by atoms with Crippen LogP contribution < -0.4 is 15.2 Å². The normalized spacial score (nSPS) is 10.3. The zero-order valence-electron chi connectivity index (χ0n) is 11.3. The van der Waals surface area contributed by atoms with Crippen molar-refractivity contribution in [2.75, 3.05) is 14.2 Å². The maximum atomic E-state index is 5.47. The molecule has 0 aliphatic carbocycles. The van der Waals surface area contributed by atoms with E-state index >= 15 is 0 Å². The highest BCUT2D eigenvalue weighted by molar-refractivity contribution is 5.77. The predicted molar refractivity (Wildman–Crippen MR) is 71.9 cm³/mol. The molecule has 4 heteroatoms. The summed E-state index contributed by atoms with van der Waals surface area (Å²) < 4.78 is 10.3. The van der Waals surface area contributed by atoms with E-state index in [9.17, 15) is 0 Å². The molecule has 1 aromatic rings. The average molecular weight is 238 g/mol. The van der Waals surface area contributed by atoms with Gasteiger partial charge in [0.2, 0.25) is 0 Å². The van der Waals surface area contributed by atoms with Gasteiger partial charge in [-0.3, -0.25) is 4.99 Å². The SMILES string of the molecule is CC.COc1ccc(CN=C(C)N)c(OC)c1. The van der Waals surface area contributed by atoms with Gasteiger partial charge in [-0.15, -0.1) is 0 Å². The van der Waals surface area contributed by atoms with Gasteiger partial charge < -0.3 is 15.2 Å². The molecule has 0 atom stereocenters. The molecule has 1 rings (SSSR count). The second-order valence-electron chi connectivity index (χ2n) is 3.14. The molecule has 2 N–H and O–H groups in total. The van der Waals surface area contributed by atoms with Crippen LogP contribution in [0.25, 0.3) is 0 Å². The Labute approximate surface area is 103 Å². The zero-order valence-corrected chi connectivity index (χ0v) is 11.3. The number of amidine groups is 1. The number of benzene rings is 1. The highest BCUT2D eigenvalue weighted by atomic mass is 16.5. The maximum absolute atomic E-state index is 5.47. The molecule has 0 aliphatic rings. The Morgan fingerprint density at radius 3 is 2.35 bits per heavy atom. The van der Waals surface area contributed by atoms with Gasteiger partial charge in [0, 0.05) is 11.6 Å². The van der Waals surface area contributed by atoms with Crippen LogP contribution in [0.4, 0.5) is 0 Å². The van der Waals surface area contributed by atoms with E-state index in [1.807, 2.05) is 32.0 Å². The Morgan fingerprint density at radius 1 is 1.24 bits per heavy atom. The van der Waals surface area contributed by atoms with Crippen LogP contribution >= 0.6 is 0 Å². The van der Waals surface area contributed by atoms with Crippen LogP contribution in [0.5, 0.6) is 11.5 Å². The van der Waals surface area contributed by atoms with Gasteiger partial charge in [0.1, 0.15) is 11.5 Å². The first-order valence-corrected chi connectivity index (χ1v) is 5.64. The molecule has 96 valence electrons. The van der Waals surface area contributed by atoms with E-state index in [1.54, 1.807) is 21.1 Å². The van der Waals surface area contributed by atoms with E-state index in [2.05, 4.69) is 4.99 Å². The summed E-state index contributed by atoms with van der Waals surface area (Å²) in [6.07, 6.45) is 0. The Balaban J connectivity index is 0.00000121. The molecule has 0 heterocycles. The molecule has 0 unspecified atom stereocenters. The van der Waals surface area contributed by atoms with Crippen LogP contribution in [0, 0.1) is 0 Å². The van der Waals surface area contributed by atoms with Crippen molar-refractivity contribution in [2.24, 2.45) is 10.7 Å². The maximum Gasteiger partial charge on any atom is 0.127 e. The Kier molecular flexibility index (Phi) is 7.59. The van der Waals surface area contributed by atoms with Crippen molar-refractivity contribution in [1.82, 2.24) is 0 Å². The van der Waals surface area contributed by atoms with E-state index in [0.29, 0.717) is 12.4 Å². The summed E-state index contributed by atoms with van der Waals surface area (Å²) in [7, 11) is 3.24. The molecule has 0 radical (unpaired) electrons. The first kappa shape index (κ1) is 15.3. The van der Waals surface area contributed by atoms with Crippen molar-refractivity contribution in [3.8, 4) is 11.5 Å². The monoisotopic (exact) mass is 238 g/mol. The third-order valence-corrected chi connectivity index (χ3v) is 1.99. The average Bonchev–Trinajstić information content (AvgIpc) is 2.38. The van der Waals surface area contributed by atoms with Crippen molar-refractivity contribution < 1.29 is 9.47 Å². The van der Waals surface area contributed by atoms with Crippen molar-refractivity contribution in [2.45, 2.75) is 27.3 Å². The van der Waals surface area contributed by atoms with Gasteiger partial charge in [-0.25, -0.2) is 0 Å². The van der Waals surface area contributed by atoms with Gasteiger partial charge in [0.25, 0.3) is 0 Å². The zero-order chi connectivity index (χ0) is 13.3. The van der Waals surface area contributed by atoms with Crippen LogP contribution in [0.2, 0.25) is 0 Å². The minimum Gasteiger partial charge on any atom is -0.497 e. The summed E-state index contributed by atoms with van der Waals surface area (Å²) in [5.41, 5.74) is 6.46. The number of nitrogens with two attached hydrogens (primary N) is 1. The van der Waals surface area contributed by atoms with Crippen LogP contribution in [-0.2, 0) is 6.54 Å². The minimum atomic E-state index is 0.523. The molecular formula is C13H22N2O2. The Hall–Kier alpha value is -1.71. The van der Waals surface area contributed by atoms with Gasteiger partial charge >= 0.3 is 0 Å². The highest BCUT2D eigenvalue weighted by Gasteiger charge is 2.03. The summed E-state index contributed by atoms with van der Waals surface area (Å²) in [6, 6.07) is 5.63. The first-order chi connectivity index (χ1) is 8.17. The Morgan fingerprint density at radius 2 is 1.88 bits per heavy atom. The number of aliphatic imine (C=N–C) groups is 1. The molecule has 0 aliphatic heterocycles. The van der Waals surface area contributed by atoms with Crippen molar-refractivity contribution in [3.05, 3.63) is 23.8 Å². The van der Waals surface area contributed by atoms with Gasteiger partial charge in [0.05, 0.1) is 26.6 Å². The number of hydrogen-bond acceptors (Lipinski definition) is 3. The second kappa shape index (κ2) is 8.44. The summed E-state index contributed by atoms with van der Waals surface area (Å²) in [5, 5.41) is 0. The lowest BCUT2D eigenvalue weighted by molar-refractivity contribution is 0.391. The molecule has 0 bridgehead atoms. The van der Waals surface area contributed by atoms with E-state index in [1.165, 1.54) is 0 Å². The van der Waals surface area contributed by atoms with Crippen molar-refractivity contribution >= 4 is 5.84 Å². The van der Waals surface area contributed by atoms with E-state index in [0.717, 1.165) is 17.1 Å². The van der Waals surface area contributed by atoms with Crippen LogP contribution in [0.3, 0.4) is 0 Å². The van der Waals surface area contributed by atoms with Crippen LogP contribution in [0.1, 0.15) is 26.3 Å². The van der Waals surface area contributed by atoms with Gasteiger partial charge in [-0.1, -0.05) is 13.8 Å². The molecule has 0 aromatic heterocycles. The lowest BCUT2D eigenvalue weighted by atomic mass is 10.2. The molecule has 0 fully saturated rings. The summed E-state index contributed by atoms with van der Waals surface area (Å²) >= 11 is 0. The molecule has 17 heavy (non-hydrogen) atoms. The molecule has 4 nitrogen and oxygen atoms in total. The summed E-state index contributed by atoms with van der Waals surface area (Å²) in [4.78, 5) is 4.13. The molecular weight excluding hydrogens is 216 g/mol. The van der Waals surface area contributed by atoms with E-state index in [4.69, 9.17) is 15.2 Å². The van der Waals surface area contributed by atoms with Gasteiger partial charge in [-0.2, -0.15) is 0 Å². The summed E-state index contributed by atoms with van der Waals surface area (Å²) in [6.45, 7) is 6.28. The molecule has 0 saturated heterocycles. The third kappa shape index (κ3) is 5.24. The molecule has 0 saturated carbocycles. The quantitative estimate of drug-likeness (QED) is 0.648. The smallest absolute Gasteiger partial charge is 0.127 e. The number of ether oxygens (including phenoxy) is 2. The second-order valence-corrected chi connectivity index (χ2v) is 3.14. The fraction of sp³-hybridized carbons (Fsp3) is 0.462. The predicted octanol–water partition coefficient (Wildman–Crippen LogP) is 2.61. The number of methoxy groups -OCH3 is 2. The van der Waals surface area contributed by atoms with Gasteiger partial charge in [-0.05, 0) is 19.1 Å². The van der Waals surface area contributed by atoms with Crippen LogP contribution in [-0.4, -0.2) is 20.1 Å². The van der Waals surface area contributed by atoms with Gasteiger partial charge in [0.15, 0.2) is 0 Å². The number of nitrogens with zero attached hydrogens (tertiary/aromatic N) is 1. The Bertz CT molecular complexity index is 358. The van der Waals surface area contributed by atoms with Crippen molar-refractivity contribution in [1.29, 1.82) is 0 Å². The number of rotatable bonds is 4. The third-order valence-electron chi connectivity index (χ3n) is 1.99.